The number of carbonyl (C=O) groups is 2. The fourth-order valence-corrected chi connectivity index (χ4v) is 4.57. The maximum Gasteiger partial charge on any atom is 0.294 e. The van der Waals surface area contributed by atoms with Crippen LogP contribution in [0.15, 0.2) is 90.2 Å². The summed E-state index contributed by atoms with van der Waals surface area (Å²) in [6.45, 7) is 8.50. The van der Waals surface area contributed by atoms with Crippen molar-refractivity contribution in [1.82, 2.24) is 0 Å². The summed E-state index contributed by atoms with van der Waals surface area (Å²) in [7, 11) is 0. The summed E-state index contributed by atoms with van der Waals surface area (Å²) >= 11 is 0. The summed E-state index contributed by atoms with van der Waals surface area (Å²) in [5.41, 5.74) is 4.98. The van der Waals surface area contributed by atoms with Gasteiger partial charge in [0, 0.05) is 12.1 Å². The highest BCUT2D eigenvalue weighted by molar-refractivity contribution is 6.16. The molecule has 1 unspecified atom stereocenters. The second-order valence-electron chi connectivity index (χ2n) is 10.1. The summed E-state index contributed by atoms with van der Waals surface area (Å²) in [5, 5.41) is 10.9. The molecule has 35 heavy (non-hydrogen) atoms. The van der Waals surface area contributed by atoms with Crippen molar-refractivity contribution < 1.29 is 14.7 Å². The van der Waals surface area contributed by atoms with E-state index in [0.717, 1.165) is 23.1 Å². The molecule has 3 aromatic carbocycles. The van der Waals surface area contributed by atoms with Gasteiger partial charge in [-0.25, -0.2) is 0 Å². The van der Waals surface area contributed by atoms with E-state index in [1.54, 1.807) is 4.90 Å². The topological polar surface area (TPSA) is 57.6 Å². The first-order chi connectivity index (χ1) is 16.7. The summed E-state index contributed by atoms with van der Waals surface area (Å²) in [6.07, 6.45) is 1.66. The van der Waals surface area contributed by atoms with Crippen LogP contribution in [0.4, 0.5) is 5.69 Å². The van der Waals surface area contributed by atoms with Crippen LogP contribution in [0.25, 0.3) is 0 Å². The lowest BCUT2D eigenvalue weighted by atomic mass is 9.87. The third kappa shape index (κ3) is 5.07. The average Bonchev–Trinajstić information content (AvgIpc) is 3.13. The Labute approximate surface area is 207 Å². The minimum absolute atomic E-state index is 0.0259. The average molecular weight is 468 g/mol. The molecular weight excluding hydrogens is 434 g/mol. The lowest BCUT2D eigenvalue weighted by Gasteiger charge is -2.28. The maximum atomic E-state index is 13.4. The van der Waals surface area contributed by atoms with E-state index in [9.17, 15) is 14.7 Å². The SMILES string of the molecule is CCc1ccc(C2C(C(=O)CCc3ccccc3)=C(O)C(=O)N2c2ccc(C(C)(C)C)cc2)cc1. The first kappa shape index (κ1) is 24.5. The Hall–Kier alpha value is -3.66. The van der Waals surface area contributed by atoms with Crippen molar-refractivity contribution in [2.75, 3.05) is 4.90 Å². The highest BCUT2D eigenvalue weighted by atomic mass is 16.3. The van der Waals surface area contributed by atoms with Crippen molar-refractivity contribution >= 4 is 17.4 Å². The predicted molar refractivity (Wildman–Crippen MR) is 141 cm³/mol. The van der Waals surface area contributed by atoms with Crippen LogP contribution in [0.1, 0.15) is 62.4 Å². The molecule has 4 nitrogen and oxygen atoms in total. The van der Waals surface area contributed by atoms with Gasteiger partial charge < -0.3 is 5.11 Å². The molecule has 0 aromatic heterocycles. The minimum Gasteiger partial charge on any atom is -0.503 e. The van der Waals surface area contributed by atoms with Crippen LogP contribution in [-0.4, -0.2) is 16.8 Å². The van der Waals surface area contributed by atoms with E-state index in [4.69, 9.17) is 0 Å². The van der Waals surface area contributed by atoms with Crippen molar-refractivity contribution in [1.29, 1.82) is 0 Å². The summed E-state index contributed by atoms with van der Waals surface area (Å²) in [6, 6.07) is 24.9. The van der Waals surface area contributed by atoms with Gasteiger partial charge in [0.1, 0.15) is 0 Å². The molecule has 1 heterocycles. The highest BCUT2D eigenvalue weighted by Gasteiger charge is 2.44. The fourth-order valence-electron chi connectivity index (χ4n) is 4.57. The van der Waals surface area contributed by atoms with Gasteiger partial charge in [0.15, 0.2) is 11.5 Å². The van der Waals surface area contributed by atoms with E-state index < -0.39 is 17.7 Å². The molecule has 0 radical (unpaired) electrons. The van der Waals surface area contributed by atoms with Crippen LogP contribution in [0.3, 0.4) is 0 Å². The Bertz CT molecular complexity index is 1230. The monoisotopic (exact) mass is 467 g/mol. The number of carbonyl (C=O) groups excluding carboxylic acids is 2. The van der Waals surface area contributed by atoms with E-state index in [1.807, 2.05) is 78.9 Å². The second kappa shape index (κ2) is 9.91. The van der Waals surface area contributed by atoms with Gasteiger partial charge in [0.25, 0.3) is 5.91 Å². The molecule has 1 amide bonds. The quantitative estimate of drug-likeness (QED) is 0.423. The first-order valence-electron chi connectivity index (χ1n) is 12.2. The molecular formula is C31H33NO3. The molecule has 0 aliphatic carbocycles. The number of rotatable bonds is 7. The van der Waals surface area contributed by atoms with Gasteiger partial charge in [-0.1, -0.05) is 94.4 Å². The van der Waals surface area contributed by atoms with Crippen molar-refractivity contribution in [2.24, 2.45) is 0 Å². The molecule has 0 saturated heterocycles. The number of amides is 1. The van der Waals surface area contributed by atoms with Crippen molar-refractivity contribution in [3.8, 4) is 0 Å². The van der Waals surface area contributed by atoms with E-state index in [2.05, 4.69) is 27.7 Å². The van der Waals surface area contributed by atoms with Crippen molar-refractivity contribution in [3.63, 3.8) is 0 Å². The smallest absolute Gasteiger partial charge is 0.294 e. The van der Waals surface area contributed by atoms with E-state index in [1.165, 1.54) is 5.56 Å². The molecule has 0 spiro atoms. The number of anilines is 1. The largest absolute Gasteiger partial charge is 0.503 e. The molecule has 1 N–H and O–H groups in total. The van der Waals surface area contributed by atoms with Crippen LogP contribution in [-0.2, 0) is 27.8 Å². The predicted octanol–water partition coefficient (Wildman–Crippen LogP) is 6.65. The zero-order chi connectivity index (χ0) is 25.2. The Morgan fingerprint density at radius 2 is 1.51 bits per heavy atom. The highest BCUT2D eigenvalue weighted by Crippen LogP contribution is 2.42. The van der Waals surface area contributed by atoms with Gasteiger partial charge in [-0.15, -0.1) is 0 Å². The number of Topliss-reactive ketones (excluding diaryl/α,β-unsaturated/α-hetero) is 1. The summed E-state index contributed by atoms with van der Waals surface area (Å²) in [5.74, 6) is -1.20. The van der Waals surface area contributed by atoms with Crippen LogP contribution in [0.5, 0.6) is 0 Å². The fraction of sp³-hybridized carbons (Fsp3) is 0.290. The van der Waals surface area contributed by atoms with Gasteiger partial charge in [0.05, 0.1) is 11.6 Å². The zero-order valence-electron chi connectivity index (χ0n) is 20.9. The van der Waals surface area contributed by atoms with E-state index in [0.29, 0.717) is 12.1 Å². The standard InChI is InChI=1S/C31H33NO3/c1-5-21-11-14-23(15-12-21)28-27(26(33)20-13-22-9-7-6-8-10-22)29(34)30(35)32(28)25-18-16-24(17-19-25)31(2,3)4/h6-12,14-19,28,34H,5,13,20H2,1-4H3. The molecule has 1 atom stereocenters. The summed E-state index contributed by atoms with van der Waals surface area (Å²) < 4.78 is 0. The van der Waals surface area contributed by atoms with Gasteiger partial charge in [-0.2, -0.15) is 0 Å². The Balaban J connectivity index is 1.72. The van der Waals surface area contributed by atoms with E-state index in [-0.39, 0.29) is 23.2 Å². The van der Waals surface area contributed by atoms with Crippen molar-refractivity contribution in [2.45, 2.75) is 58.4 Å². The number of hydrogen-bond donors (Lipinski definition) is 1. The van der Waals surface area contributed by atoms with E-state index >= 15 is 0 Å². The van der Waals surface area contributed by atoms with Crippen LogP contribution in [0.2, 0.25) is 0 Å². The molecule has 4 rings (SSSR count). The second-order valence-corrected chi connectivity index (χ2v) is 10.1. The van der Waals surface area contributed by atoms with Crippen molar-refractivity contribution in [3.05, 3.63) is 112 Å². The maximum absolute atomic E-state index is 13.4. The first-order valence-corrected chi connectivity index (χ1v) is 12.2. The number of benzene rings is 3. The molecule has 1 aliphatic heterocycles. The number of ketones is 1. The molecule has 0 saturated carbocycles. The number of aryl methyl sites for hydroxylation is 2. The zero-order valence-corrected chi connectivity index (χ0v) is 20.9. The van der Waals surface area contributed by atoms with Crippen LogP contribution >= 0.6 is 0 Å². The summed E-state index contributed by atoms with van der Waals surface area (Å²) in [4.78, 5) is 28.4. The van der Waals surface area contributed by atoms with Gasteiger partial charge >= 0.3 is 0 Å². The number of nitrogens with zero attached hydrogens (tertiary/aromatic N) is 1. The Morgan fingerprint density at radius 3 is 2.09 bits per heavy atom. The third-order valence-electron chi connectivity index (χ3n) is 6.71. The molecule has 1 aliphatic rings. The van der Waals surface area contributed by atoms with Gasteiger partial charge in [-0.05, 0) is 52.6 Å². The van der Waals surface area contributed by atoms with Gasteiger partial charge in [0.2, 0.25) is 0 Å². The molecule has 3 aromatic rings. The lowest BCUT2D eigenvalue weighted by molar-refractivity contribution is -0.118. The van der Waals surface area contributed by atoms with Gasteiger partial charge in [-0.3, -0.25) is 14.5 Å². The molecule has 4 heteroatoms. The third-order valence-corrected chi connectivity index (χ3v) is 6.71. The Morgan fingerprint density at radius 1 is 0.886 bits per heavy atom. The number of hydrogen-bond acceptors (Lipinski definition) is 3. The minimum atomic E-state index is -0.669. The molecule has 180 valence electrons. The number of aliphatic hydroxyl groups excluding tert-OH is 1. The van der Waals surface area contributed by atoms with Crippen LogP contribution in [0, 0.1) is 0 Å². The number of aliphatic hydroxyl groups is 1. The molecule has 0 fully saturated rings. The normalized spacial score (nSPS) is 16.2. The lowest BCUT2D eigenvalue weighted by Crippen LogP contribution is -2.31. The van der Waals surface area contributed by atoms with Crippen LogP contribution < -0.4 is 4.90 Å². The Kier molecular flexibility index (Phi) is 6.93. The molecule has 0 bridgehead atoms.